The van der Waals surface area contributed by atoms with Gasteiger partial charge in [-0.2, -0.15) is 0 Å². The van der Waals surface area contributed by atoms with Crippen LogP contribution in [-0.4, -0.2) is 0 Å². The Morgan fingerprint density at radius 2 is 1.24 bits per heavy atom. The molecule has 1 radical (unpaired) electrons. The van der Waals surface area contributed by atoms with Crippen molar-refractivity contribution in [3.63, 3.8) is 0 Å². The molecule has 2 unspecified atom stereocenters. The normalized spacial score (nSPS) is 33.9. The van der Waals surface area contributed by atoms with Gasteiger partial charge in [0, 0.05) is 0 Å². The molecule has 0 aromatic heterocycles. The molecular weight excluding hydrogens is 204 g/mol. The molecule has 99 valence electrons. The zero-order valence-corrected chi connectivity index (χ0v) is 11.6. The maximum Gasteiger partial charge on any atom is -0.0355 e. The lowest BCUT2D eigenvalue weighted by molar-refractivity contribution is 0.449. The van der Waals surface area contributed by atoms with Gasteiger partial charge in [-0.1, -0.05) is 70.6 Å². The van der Waals surface area contributed by atoms with Crippen LogP contribution >= 0.6 is 0 Å². The second kappa shape index (κ2) is 8.16. The summed E-state index contributed by atoms with van der Waals surface area (Å²) in [5, 5.41) is 0. The van der Waals surface area contributed by atoms with Crippen molar-refractivity contribution in [1.29, 1.82) is 0 Å². The lowest BCUT2D eigenvalue weighted by Crippen LogP contribution is -1.98. The number of hydrogen-bond donors (Lipinski definition) is 0. The third-order valence-electron chi connectivity index (χ3n) is 4.90. The minimum Gasteiger partial charge on any atom is -0.0533 e. The zero-order valence-electron chi connectivity index (χ0n) is 11.6. The summed E-state index contributed by atoms with van der Waals surface area (Å²) in [7, 11) is 0. The summed E-state index contributed by atoms with van der Waals surface area (Å²) in [6.07, 6.45) is 23.6. The first kappa shape index (κ1) is 13.4. The van der Waals surface area contributed by atoms with Crippen LogP contribution in [0, 0.1) is 18.3 Å². The van der Waals surface area contributed by atoms with E-state index in [0.717, 1.165) is 11.8 Å². The molecule has 2 bridgehead atoms. The van der Waals surface area contributed by atoms with Crippen molar-refractivity contribution in [3.8, 4) is 0 Å². The molecule has 2 rings (SSSR count). The van der Waals surface area contributed by atoms with Crippen LogP contribution < -0.4 is 0 Å². The van der Waals surface area contributed by atoms with Gasteiger partial charge >= 0.3 is 0 Å². The standard InChI is InChI=1S/C17H31/c1-2-4-6-8-10-12-17-14-13-16(15-17)11-9-7-5-3-1/h11,16-17H,1-10,12-15H2. The third kappa shape index (κ3) is 5.44. The van der Waals surface area contributed by atoms with Crippen LogP contribution in [0.25, 0.3) is 0 Å². The minimum atomic E-state index is 0.991. The first-order valence-corrected chi connectivity index (χ1v) is 8.28. The summed E-state index contributed by atoms with van der Waals surface area (Å²) in [6.45, 7) is 0. The Labute approximate surface area is 109 Å². The van der Waals surface area contributed by atoms with Crippen LogP contribution in [0.1, 0.15) is 89.9 Å². The fraction of sp³-hybridized carbons (Fsp3) is 0.941. The molecule has 0 heterocycles. The van der Waals surface area contributed by atoms with Crippen LogP contribution in [-0.2, 0) is 0 Å². The molecule has 0 aromatic carbocycles. The van der Waals surface area contributed by atoms with Gasteiger partial charge in [0.15, 0.2) is 0 Å². The molecule has 2 aliphatic carbocycles. The van der Waals surface area contributed by atoms with Gasteiger partial charge in [0.25, 0.3) is 0 Å². The summed E-state index contributed by atoms with van der Waals surface area (Å²) in [5.74, 6) is 2.08. The largest absolute Gasteiger partial charge is 0.0533 e. The van der Waals surface area contributed by atoms with E-state index >= 15 is 0 Å². The molecule has 0 aromatic rings. The summed E-state index contributed by atoms with van der Waals surface area (Å²) in [6, 6.07) is 0. The second-order valence-electron chi connectivity index (χ2n) is 6.43. The number of hydrogen-bond acceptors (Lipinski definition) is 0. The molecule has 2 atom stereocenters. The molecule has 2 fully saturated rings. The van der Waals surface area contributed by atoms with Gasteiger partial charge in [-0.25, -0.2) is 0 Å². The quantitative estimate of drug-likeness (QED) is 0.489. The van der Waals surface area contributed by atoms with Crippen LogP contribution in [0.2, 0.25) is 0 Å². The first-order valence-electron chi connectivity index (χ1n) is 8.28. The predicted octanol–water partition coefficient (Wildman–Crippen LogP) is 5.91. The highest BCUT2D eigenvalue weighted by Gasteiger charge is 2.23. The highest BCUT2D eigenvalue weighted by Crippen LogP contribution is 2.36. The summed E-state index contributed by atoms with van der Waals surface area (Å²) < 4.78 is 0. The van der Waals surface area contributed by atoms with Crippen LogP contribution in [0.4, 0.5) is 0 Å². The van der Waals surface area contributed by atoms with Crippen molar-refractivity contribution in [1.82, 2.24) is 0 Å². The Morgan fingerprint density at radius 3 is 2.00 bits per heavy atom. The maximum absolute atomic E-state index is 2.67. The van der Waals surface area contributed by atoms with E-state index in [0.29, 0.717) is 0 Å². The molecule has 0 aliphatic heterocycles. The predicted molar refractivity (Wildman–Crippen MR) is 75.9 cm³/mol. The van der Waals surface area contributed by atoms with E-state index in [2.05, 4.69) is 6.42 Å². The van der Waals surface area contributed by atoms with Crippen LogP contribution in [0.15, 0.2) is 0 Å². The molecule has 0 nitrogen and oxygen atoms in total. The first-order chi connectivity index (χ1) is 8.45. The average Bonchev–Trinajstić information content (AvgIpc) is 2.77. The Bertz CT molecular complexity index is 164. The highest BCUT2D eigenvalue weighted by atomic mass is 14.3. The molecular formula is C17H31. The topological polar surface area (TPSA) is 0 Å². The third-order valence-corrected chi connectivity index (χ3v) is 4.90. The lowest BCUT2D eigenvalue weighted by Gasteiger charge is -2.10. The van der Waals surface area contributed by atoms with Gasteiger partial charge in [0.1, 0.15) is 0 Å². The molecule has 2 saturated carbocycles. The lowest BCUT2D eigenvalue weighted by atomic mass is 9.95. The van der Waals surface area contributed by atoms with E-state index in [1.54, 1.807) is 0 Å². The van der Waals surface area contributed by atoms with Crippen molar-refractivity contribution in [3.05, 3.63) is 6.42 Å². The van der Waals surface area contributed by atoms with Gasteiger partial charge < -0.3 is 0 Å². The van der Waals surface area contributed by atoms with Crippen LogP contribution in [0.3, 0.4) is 0 Å². The van der Waals surface area contributed by atoms with Gasteiger partial charge in [-0.3, -0.25) is 0 Å². The van der Waals surface area contributed by atoms with Crippen molar-refractivity contribution in [2.45, 2.75) is 89.9 Å². The SMILES string of the molecule is [CH]1CCCCCCCCCCCC2CCC1C2. The Hall–Kier alpha value is 0. The van der Waals surface area contributed by atoms with E-state index < -0.39 is 0 Å². The monoisotopic (exact) mass is 235 g/mol. The van der Waals surface area contributed by atoms with Crippen molar-refractivity contribution in [2.75, 3.05) is 0 Å². The van der Waals surface area contributed by atoms with Crippen molar-refractivity contribution < 1.29 is 0 Å². The smallest absolute Gasteiger partial charge is 0.0355 e. The molecule has 0 heteroatoms. The average molecular weight is 235 g/mol. The molecule has 0 N–H and O–H groups in total. The van der Waals surface area contributed by atoms with Crippen LogP contribution in [0.5, 0.6) is 0 Å². The van der Waals surface area contributed by atoms with E-state index in [-0.39, 0.29) is 0 Å². The van der Waals surface area contributed by atoms with Gasteiger partial charge in [0.05, 0.1) is 0 Å². The zero-order chi connectivity index (χ0) is 11.8. The fourth-order valence-electron chi connectivity index (χ4n) is 3.76. The minimum absolute atomic E-state index is 0.991. The summed E-state index contributed by atoms with van der Waals surface area (Å²) >= 11 is 0. The molecule has 2 aliphatic rings. The Kier molecular flexibility index (Phi) is 6.45. The van der Waals surface area contributed by atoms with Gasteiger partial charge in [-0.05, 0) is 37.5 Å². The molecule has 0 amide bonds. The van der Waals surface area contributed by atoms with E-state index in [4.69, 9.17) is 0 Å². The molecule has 0 saturated heterocycles. The number of fused-ring (bicyclic) bond motifs is 2. The van der Waals surface area contributed by atoms with Crippen molar-refractivity contribution >= 4 is 0 Å². The highest BCUT2D eigenvalue weighted by molar-refractivity contribution is 4.85. The molecule has 0 spiro atoms. The van der Waals surface area contributed by atoms with E-state index in [9.17, 15) is 0 Å². The van der Waals surface area contributed by atoms with Gasteiger partial charge in [0.2, 0.25) is 0 Å². The van der Waals surface area contributed by atoms with E-state index in [1.165, 1.54) is 89.9 Å². The Morgan fingerprint density at radius 1 is 0.588 bits per heavy atom. The van der Waals surface area contributed by atoms with E-state index in [1.807, 2.05) is 0 Å². The number of rotatable bonds is 0. The second-order valence-corrected chi connectivity index (χ2v) is 6.43. The summed E-state index contributed by atoms with van der Waals surface area (Å²) in [4.78, 5) is 0. The summed E-state index contributed by atoms with van der Waals surface area (Å²) in [5.41, 5.74) is 0. The maximum atomic E-state index is 2.67. The fourth-order valence-corrected chi connectivity index (χ4v) is 3.76. The Balaban J connectivity index is 1.68. The van der Waals surface area contributed by atoms with Gasteiger partial charge in [-0.15, -0.1) is 0 Å². The van der Waals surface area contributed by atoms with Crippen molar-refractivity contribution in [2.24, 2.45) is 11.8 Å². The molecule has 17 heavy (non-hydrogen) atoms.